The quantitative estimate of drug-likeness (QED) is 0.421. The van der Waals surface area contributed by atoms with Gasteiger partial charge in [0.2, 0.25) is 0 Å². The summed E-state index contributed by atoms with van der Waals surface area (Å²) < 4.78 is 0. The van der Waals surface area contributed by atoms with Crippen LogP contribution in [0.15, 0.2) is 72.8 Å². The number of nitrogens with zero attached hydrogens (tertiary/aromatic N) is 1. The molecule has 3 aromatic carbocycles. The number of benzene rings is 3. The van der Waals surface area contributed by atoms with Crippen molar-refractivity contribution in [3.8, 4) is 11.5 Å². The molecule has 0 saturated heterocycles. The van der Waals surface area contributed by atoms with E-state index in [0.717, 1.165) is 16.7 Å². The molecule has 5 heteroatoms. The van der Waals surface area contributed by atoms with Crippen molar-refractivity contribution in [2.75, 3.05) is 0 Å². The molecule has 0 unspecified atom stereocenters. The minimum atomic E-state index is -0.687. The summed E-state index contributed by atoms with van der Waals surface area (Å²) >= 11 is 0. The van der Waals surface area contributed by atoms with Gasteiger partial charge in [-0.25, -0.2) is 0 Å². The van der Waals surface area contributed by atoms with Crippen molar-refractivity contribution in [2.45, 2.75) is 12.3 Å². The van der Waals surface area contributed by atoms with Crippen LogP contribution < -0.4 is 0 Å². The normalized spacial score (nSPS) is 11.2. The van der Waals surface area contributed by atoms with E-state index in [9.17, 15) is 20.3 Å². The number of phenolic OH excluding ortho intramolecular Hbond substituents is 2. The van der Waals surface area contributed by atoms with Gasteiger partial charge in [-0.1, -0.05) is 36.4 Å². The zero-order valence-corrected chi connectivity index (χ0v) is 13.6. The Morgan fingerprint density at radius 3 is 1.72 bits per heavy atom. The van der Waals surface area contributed by atoms with E-state index in [1.807, 2.05) is 13.0 Å². The number of hydrogen-bond acceptors (Lipinski definition) is 4. The van der Waals surface area contributed by atoms with Crippen molar-refractivity contribution in [1.29, 1.82) is 0 Å². The summed E-state index contributed by atoms with van der Waals surface area (Å²) in [5.74, 6) is 0.298. The molecule has 0 radical (unpaired) electrons. The Morgan fingerprint density at radius 2 is 1.28 bits per heavy atom. The molecule has 0 fully saturated rings. The van der Waals surface area contributed by atoms with E-state index in [1.54, 1.807) is 60.7 Å². The second-order valence-electron chi connectivity index (χ2n) is 6.03. The Morgan fingerprint density at radius 1 is 0.800 bits per heavy atom. The van der Waals surface area contributed by atoms with Gasteiger partial charge in [0.15, 0.2) is 0 Å². The van der Waals surface area contributed by atoms with E-state index in [1.165, 1.54) is 6.07 Å². The minimum Gasteiger partial charge on any atom is -0.508 e. The maximum Gasteiger partial charge on any atom is 0.269 e. The first-order chi connectivity index (χ1) is 11.9. The summed E-state index contributed by atoms with van der Waals surface area (Å²) in [4.78, 5) is 10.8. The summed E-state index contributed by atoms with van der Waals surface area (Å²) in [5, 5.41) is 30.4. The fourth-order valence-corrected chi connectivity index (χ4v) is 3.02. The molecule has 0 atom stereocenters. The highest BCUT2D eigenvalue weighted by Gasteiger charge is 2.32. The third-order valence-electron chi connectivity index (χ3n) is 4.52. The van der Waals surface area contributed by atoms with E-state index < -0.39 is 10.3 Å². The van der Waals surface area contributed by atoms with Crippen LogP contribution in [0.1, 0.15) is 23.6 Å². The van der Waals surface area contributed by atoms with Gasteiger partial charge in [0, 0.05) is 17.5 Å². The number of nitro benzene ring substituents is 1. The third-order valence-corrected chi connectivity index (χ3v) is 4.52. The molecule has 25 heavy (non-hydrogen) atoms. The molecule has 0 saturated carbocycles. The number of rotatable bonds is 4. The van der Waals surface area contributed by atoms with Gasteiger partial charge in [-0.3, -0.25) is 10.1 Å². The van der Waals surface area contributed by atoms with Crippen LogP contribution in [0.25, 0.3) is 0 Å². The number of hydrogen-bond donors (Lipinski definition) is 2. The number of aromatic hydroxyl groups is 2. The molecule has 0 bridgehead atoms. The average Bonchev–Trinajstić information content (AvgIpc) is 2.62. The molecule has 2 N–H and O–H groups in total. The SMILES string of the molecule is CC(c1ccc(O)cc1)(c1ccc(O)cc1)c1cccc([N+](=O)[O-])c1. The zero-order chi connectivity index (χ0) is 18.0. The van der Waals surface area contributed by atoms with Crippen molar-refractivity contribution in [3.63, 3.8) is 0 Å². The molecule has 0 aromatic heterocycles. The second-order valence-corrected chi connectivity index (χ2v) is 6.03. The topological polar surface area (TPSA) is 83.6 Å². The molecule has 3 rings (SSSR count). The molecule has 126 valence electrons. The van der Waals surface area contributed by atoms with E-state index >= 15 is 0 Å². The molecule has 3 aromatic rings. The van der Waals surface area contributed by atoms with Crippen LogP contribution in [0.5, 0.6) is 11.5 Å². The van der Waals surface area contributed by atoms with Crippen LogP contribution >= 0.6 is 0 Å². The van der Waals surface area contributed by atoms with Crippen LogP contribution in [0.2, 0.25) is 0 Å². The summed E-state index contributed by atoms with van der Waals surface area (Å²) in [7, 11) is 0. The molecule has 0 heterocycles. The Kier molecular flexibility index (Phi) is 4.15. The van der Waals surface area contributed by atoms with E-state index in [0.29, 0.717) is 0 Å². The maximum atomic E-state index is 11.2. The lowest BCUT2D eigenvalue weighted by molar-refractivity contribution is -0.384. The molecule has 0 aliphatic rings. The first kappa shape index (κ1) is 16.5. The van der Waals surface area contributed by atoms with E-state index in [4.69, 9.17) is 0 Å². The average molecular weight is 335 g/mol. The molecule has 0 aliphatic carbocycles. The summed E-state index contributed by atoms with van der Waals surface area (Å²) in [6.07, 6.45) is 0. The van der Waals surface area contributed by atoms with Crippen molar-refractivity contribution >= 4 is 5.69 Å². The van der Waals surface area contributed by atoms with Crippen molar-refractivity contribution in [2.24, 2.45) is 0 Å². The lowest BCUT2D eigenvalue weighted by Crippen LogP contribution is -2.25. The molecule has 0 aliphatic heterocycles. The molecule has 0 spiro atoms. The standard InChI is InChI=1S/C20H17NO4/c1-20(14-5-9-18(22)10-6-14,15-7-11-19(23)12-8-15)16-3-2-4-17(13-16)21(24)25/h2-13,22-23H,1H3. The summed E-state index contributed by atoms with van der Waals surface area (Å²) in [6, 6.07) is 20.0. The first-order valence-electron chi connectivity index (χ1n) is 7.75. The van der Waals surface area contributed by atoms with Gasteiger partial charge >= 0.3 is 0 Å². The predicted molar refractivity (Wildman–Crippen MR) is 94.9 cm³/mol. The smallest absolute Gasteiger partial charge is 0.269 e. The van der Waals surface area contributed by atoms with Crippen LogP contribution in [0.3, 0.4) is 0 Å². The molecule has 5 nitrogen and oxygen atoms in total. The summed E-state index contributed by atoms with van der Waals surface area (Å²) in [6.45, 7) is 1.96. The first-order valence-corrected chi connectivity index (χ1v) is 7.75. The summed E-state index contributed by atoms with van der Waals surface area (Å²) in [5.41, 5.74) is 1.82. The van der Waals surface area contributed by atoms with Crippen molar-refractivity contribution in [3.05, 3.63) is 99.6 Å². The fourth-order valence-electron chi connectivity index (χ4n) is 3.02. The van der Waals surface area contributed by atoms with E-state index in [-0.39, 0.29) is 17.2 Å². The van der Waals surface area contributed by atoms with Gasteiger partial charge in [-0.05, 0) is 47.9 Å². The molecular formula is C20H17NO4. The lowest BCUT2D eigenvalue weighted by Gasteiger charge is -2.31. The fraction of sp³-hybridized carbons (Fsp3) is 0.100. The second kappa shape index (κ2) is 6.28. The van der Waals surface area contributed by atoms with Gasteiger partial charge in [0.25, 0.3) is 5.69 Å². The lowest BCUT2D eigenvalue weighted by atomic mass is 9.71. The Hall–Kier alpha value is -3.34. The highest BCUT2D eigenvalue weighted by Crippen LogP contribution is 2.40. The van der Waals surface area contributed by atoms with Crippen LogP contribution in [0, 0.1) is 10.1 Å². The number of nitro groups is 1. The number of phenols is 2. The Balaban J connectivity index is 2.25. The number of non-ortho nitro benzene ring substituents is 1. The minimum absolute atomic E-state index is 0.0151. The monoisotopic (exact) mass is 335 g/mol. The van der Waals surface area contributed by atoms with Gasteiger partial charge in [-0.15, -0.1) is 0 Å². The van der Waals surface area contributed by atoms with Crippen molar-refractivity contribution in [1.82, 2.24) is 0 Å². The van der Waals surface area contributed by atoms with Gasteiger partial charge < -0.3 is 10.2 Å². The Labute approximate surface area is 145 Å². The van der Waals surface area contributed by atoms with E-state index in [2.05, 4.69) is 0 Å². The van der Waals surface area contributed by atoms with Crippen LogP contribution in [-0.4, -0.2) is 15.1 Å². The largest absolute Gasteiger partial charge is 0.508 e. The van der Waals surface area contributed by atoms with Gasteiger partial charge in [0.1, 0.15) is 11.5 Å². The predicted octanol–water partition coefficient (Wildman–Crippen LogP) is 4.36. The molecular weight excluding hydrogens is 318 g/mol. The maximum absolute atomic E-state index is 11.2. The highest BCUT2D eigenvalue weighted by molar-refractivity contribution is 5.53. The Bertz CT molecular complexity index is 856. The molecule has 0 amide bonds. The van der Waals surface area contributed by atoms with Crippen LogP contribution in [-0.2, 0) is 5.41 Å². The van der Waals surface area contributed by atoms with Crippen molar-refractivity contribution < 1.29 is 15.1 Å². The van der Waals surface area contributed by atoms with Gasteiger partial charge in [-0.2, -0.15) is 0 Å². The van der Waals surface area contributed by atoms with Crippen LogP contribution in [0.4, 0.5) is 5.69 Å². The zero-order valence-electron chi connectivity index (χ0n) is 13.6. The van der Waals surface area contributed by atoms with Gasteiger partial charge in [0.05, 0.1) is 4.92 Å². The highest BCUT2D eigenvalue weighted by atomic mass is 16.6. The third kappa shape index (κ3) is 3.04.